The van der Waals surface area contributed by atoms with Crippen LogP contribution < -0.4 is 0 Å². The van der Waals surface area contributed by atoms with Crippen LogP contribution in [0.2, 0.25) is 0 Å². The van der Waals surface area contributed by atoms with Gasteiger partial charge in [0.2, 0.25) is 0 Å². The maximum Gasteiger partial charge on any atom is 0.137 e. The highest BCUT2D eigenvalue weighted by Crippen LogP contribution is 2.41. The van der Waals surface area contributed by atoms with Crippen LogP contribution in [0.1, 0.15) is 29.5 Å². The van der Waals surface area contributed by atoms with E-state index in [1.807, 2.05) is 12.1 Å². The van der Waals surface area contributed by atoms with Gasteiger partial charge < -0.3 is 0 Å². The van der Waals surface area contributed by atoms with Gasteiger partial charge in [0.1, 0.15) is 5.82 Å². The average Bonchev–Trinajstić information content (AvgIpc) is 2.51. The van der Waals surface area contributed by atoms with Gasteiger partial charge in [-0.15, -0.1) is 11.6 Å². The fourth-order valence-electron chi connectivity index (χ4n) is 3.42. The van der Waals surface area contributed by atoms with Crippen molar-refractivity contribution in [2.24, 2.45) is 0 Å². The van der Waals surface area contributed by atoms with Crippen molar-refractivity contribution >= 4 is 27.5 Å². The van der Waals surface area contributed by atoms with E-state index in [0.717, 1.165) is 31.2 Å². The van der Waals surface area contributed by atoms with Crippen LogP contribution >= 0.6 is 27.5 Å². The molecule has 1 atom stereocenters. The van der Waals surface area contributed by atoms with Crippen molar-refractivity contribution in [2.75, 3.05) is 5.88 Å². The predicted octanol–water partition coefficient (Wildman–Crippen LogP) is 5.64. The minimum absolute atomic E-state index is 0.0341. The summed E-state index contributed by atoms with van der Waals surface area (Å²) < 4.78 is 13.9. The lowest BCUT2D eigenvalue weighted by Crippen LogP contribution is -2.35. The number of benzene rings is 2. The van der Waals surface area contributed by atoms with E-state index in [0.29, 0.717) is 10.4 Å². The number of aryl methyl sites for hydroxylation is 1. The van der Waals surface area contributed by atoms with E-state index in [1.165, 1.54) is 17.2 Å². The molecule has 2 aromatic rings. The van der Waals surface area contributed by atoms with Gasteiger partial charge >= 0.3 is 0 Å². The molecular formula is C18H17BrClF. The third-order valence-corrected chi connectivity index (χ3v) is 5.59. The zero-order valence-corrected chi connectivity index (χ0v) is 14.1. The number of alkyl halides is 1. The van der Waals surface area contributed by atoms with Crippen molar-refractivity contribution in [1.29, 1.82) is 0 Å². The van der Waals surface area contributed by atoms with Crippen molar-refractivity contribution in [3.05, 3.63) is 69.4 Å². The first kappa shape index (κ1) is 15.1. The zero-order valence-electron chi connectivity index (χ0n) is 11.7. The molecule has 0 aliphatic heterocycles. The Morgan fingerprint density at radius 2 is 2.00 bits per heavy atom. The highest BCUT2D eigenvalue weighted by Gasteiger charge is 2.35. The first-order valence-electron chi connectivity index (χ1n) is 7.23. The Labute approximate surface area is 138 Å². The minimum Gasteiger partial charge on any atom is -0.206 e. The Balaban J connectivity index is 2.00. The fraction of sp³-hybridized carbons (Fsp3) is 0.333. The van der Waals surface area contributed by atoms with Gasteiger partial charge in [-0.05, 0) is 70.4 Å². The second kappa shape index (κ2) is 6.10. The first-order valence-corrected chi connectivity index (χ1v) is 8.56. The molecule has 0 spiro atoms. The third kappa shape index (κ3) is 2.89. The van der Waals surface area contributed by atoms with E-state index in [1.54, 1.807) is 0 Å². The van der Waals surface area contributed by atoms with Crippen LogP contribution in [-0.2, 0) is 18.3 Å². The quantitative estimate of drug-likeness (QED) is 0.615. The molecular weight excluding hydrogens is 351 g/mol. The highest BCUT2D eigenvalue weighted by atomic mass is 79.9. The van der Waals surface area contributed by atoms with Crippen molar-refractivity contribution in [3.8, 4) is 0 Å². The molecule has 0 fully saturated rings. The molecule has 0 aromatic heterocycles. The summed E-state index contributed by atoms with van der Waals surface area (Å²) in [6.07, 6.45) is 4.23. The molecule has 1 aliphatic rings. The number of rotatable bonds is 3. The van der Waals surface area contributed by atoms with Crippen LogP contribution in [0.5, 0.6) is 0 Å². The lowest BCUT2D eigenvalue weighted by Gasteiger charge is -2.38. The van der Waals surface area contributed by atoms with Gasteiger partial charge in [0.05, 0.1) is 4.47 Å². The standard InChI is InChI=1S/C18H17BrClF/c19-16-10-13(7-8-17(16)21)11-18(12-20)9-3-5-14-4-1-2-6-15(14)18/h1-2,4,6-8,10H,3,5,9,11-12H2. The third-order valence-electron chi connectivity index (χ3n) is 4.47. The van der Waals surface area contributed by atoms with Gasteiger partial charge in [0, 0.05) is 11.3 Å². The van der Waals surface area contributed by atoms with Gasteiger partial charge in [0.25, 0.3) is 0 Å². The monoisotopic (exact) mass is 366 g/mol. The molecule has 2 aromatic carbocycles. The summed E-state index contributed by atoms with van der Waals surface area (Å²) in [5.41, 5.74) is 3.87. The lowest BCUT2D eigenvalue weighted by atomic mass is 9.68. The van der Waals surface area contributed by atoms with Crippen LogP contribution in [0.25, 0.3) is 0 Å². The first-order chi connectivity index (χ1) is 10.1. The van der Waals surface area contributed by atoms with E-state index >= 15 is 0 Å². The van der Waals surface area contributed by atoms with Crippen molar-refractivity contribution < 1.29 is 4.39 Å². The summed E-state index contributed by atoms with van der Waals surface area (Å²) >= 11 is 9.67. The Morgan fingerprint density at radius 3 is 2.76 bits per heavy atom. The van der Waals surface area contributed by atoms with E-state index in [2.05, 4.69) is 40.2 Å². The summed E-state index contributed by atoms with van der Waals surface area (Å²) in [4.78, 5) is 0. The molecule has 0 amide bonds. The zero-order chi connectivity index (χ0) is 14.9. The molecule has 0 nitrogen and oxygen atoms in total. The van der Waals surface area contributed by atoms with E-state index in [-0.39, 0.29) is 11.2 Å². The summed E-state index contributed by atoms with van der Waals surface area (Å²) in [7, 11) is 0. The SMILES string of the molecule is Fc1ccc(CC2(CCl)CCCc3ccccc32)cc1Br. The molecule has 110 valence electrons. The molecule has 0 bridgehead atoms. The van der Waals surface area contributed by atoms with Gasteiger partial charge in [-0.1, -0.05) is 30.3 Å². The predicted molar refractivity (Wildman–Crippen MR) is 89.6 cm³/mol. The minimum atomic E-state index is -0.220. The molecule has 0 radical (unpaired) electrons. The van der Waals surface area contributed by atoms with Crippen LogP contribution in [0.15, 0.2) is 46.9 Å². The molecule has 0 N–H and O–H groups in total. The number of halogens is 3. The molecule has 1 aliphatic carbocycles. The highest BCUT2D eigenvalue weighted by molar-refractivity contribution is 9.10. The Morgan fingerprint density at radius 1 is 1.19 bits per heavy atom. The van der Waals surface area contributed by atoms with Crippen LogP contribution in [-0.4, -0.2) is 5.88 Å². The van der Waals surface area contributed by atoms with Crippen LogP contribution in [0.4, 0.5) is 4.39 Å². The number of hydrogen-bond donors (Lipinski definition) is 0. The summed E-state index contributed by atoms with van der Waals surface area (Å²) in [6, 6.07) is 13.9. The number of fused-ring (bicyclic) bond motifs is 1. The second-order valence-electron chi connectivity index (χ2n) is 5.85. The van der Waals surface area contributed by atoms with Gasteiger partial charge in [0.15, 0.2) is 0 Å². The maximum atomic E-state index is 13.4. The fourth-order valence-corrected chi connectivity index (χ4v) is 4.22. The van der Waals surface area contributed by atoms with Crippen molar-refractivity contribution in [2.45, 2.75) is 31.1 Å². The molecule has 3 heteroatoms. The van der Waals surface area contributed by atoms with Crippen molar-refractivity contribution in [3.63, 3.8) is 0 Å². The molecule has 0 saturated heterocycles. The summed E-state index contributed by atoms with van der Waals surface area (Å²) in [5.74, 6) is 0.377. The Bertz CT molecular complexity index is 655. The van der Waals surface area contributed by atoms with E-state index in [4.69, 9.17) is 11.6 Å². The Hall–Kier alpha value is -0.860. The van der Waals surface area contributed by atoms with Crippen LogP contribution in [0, 0.1) is 5.82 Å². The smallest absolute Gasteiger partial charge is 0.137 e. The molecule has 1 unspecified atom stereocenters. The van der Waals surface area contributed by atoms with Gasteiger partial charge in [-0.3, -0.25) is 0 Å². The summed E-state index contributed by atoms with van der Waals surface area (Å²) in [6.45, 7) is 0. The molecule has 0 saturated carbocycles. The normalized spacial score (nSPS) is 21.1. The Kier molecular flexibility index (Phi) is 4.37. The maximum absolute atomic E-state index is 13.4. The topological polar surface area (TPSA) is 0 Å². The lowest BCUT2D eigenvalue weighted by molar-refractivity contribution is 0.396. The van der Waals surface area contributed by atoms with E-state index < -0.39 is 0 Å². The molecule has 0 heterocycles. The molecule has 21 heavy (non-hydrogen) atoms. The van der Waals surface area contributed by atoms with Gasteiger partial charge in [-0.25, -0.2) is 4.39 Å². The largest absolute Gasteiger partial charge is 0.206 e. The van der Waals surface area contributed by atoms with Crippen LogP contribution in [0.3, 0.4) is 0 Å². The summed E-state index contributed by atoms with van der Waals surface area (Å²) in [5, 5.41) is 0. The average molecular weight is 368 g/mol. The number of hydrogen-bond acceptors (Lipinski definition) is 0. The van der Waals surface area contributed by atoms with E-state index in [9.17, 15) is 4.39 Å². The van der Waals surface area contributed by atoms with Gasteiger partial charge in [-0.2, -0.15) is 0 Å². The van der Waals surface area contributed by atoms with Crippen molar-refractivity contribution in [1.82, 2.24) is 0 Å². The molecule has 3 rings (SSSR count). The second-order valence-corrected chi connectivity index (χ2v) is 6.97.